The predicted molar refractivity (Wildman–Crippen MR) is 121 cm³/mol. The van der Waals surface area contributed by atoms with Crippen LogP contribution in [0.15, 0.2) is 76.3 Å². The maximum Gasteiger partial charge on any atom is 0.287 e. The number of halogens is 1. The quantitative estimate of drug-likeness (QED) is 0.430. The summed E-state index contributed by atoms with van der Waals surface area (Å²) in [6.07, 6.45) is 3.00. The molecule has 0 aliphatic rings. The van der Waals surface area contributed by atoms with Gasteiger partial charge in [-0.2, -0.15) is 5.10 Å². The van der Waals surface area contributed by atoms with Crippen LogP contribution in [-0.2, 0) is 13.1 Å². The second-order valence-corrected chi connectivity index (χ2v) is 7.75. The number of aromatic nitrogens is 4. The number of rotatable bonds is 6. The molecule has 0 saturated carbocycles. The highest BCUT2D eigenvalue weighted by Gasteiger charge is 2.13. The maximum absolute atomic E-state index is 12.8. The molecule has 0 aliphatic carbocycles. The summed E-state index contributed by atoms with van der Waals surface area (Å²) in [5.74, 6) is -0.0620. The number of hydrogen-bond acceptors (Lipinski definition) is 5. The zero-order valence-electron chi connectivity index (χ0n) is 16.9. The third kappa shape index (κ3) is 3.88. The fourth-order valence-corrected chi connectivity index (χ4v) is 3.77. The lowest BCUT2D eigenvalue weighted by atomic mass is 10.2. The molecule has 160 valence electrons. The van der Waals surface area contributed by atoms with E-state index in [4.69, 9.17) is 16.0 Å². The van der Waals surface area contributed by atoms with Gasteiger partial charge in [-0.05, 0) is 29.8 Å². The van der Waals surface area contributed by atoms with Crippen molar-refractivity contribution < 1.29 is 9.21 Å². The van der Waals surface area contributed by atoms with E-state index in [1.165, 1.54) is 17.1 Å². The first-order valence-electron chi connectivity index (χ1n) is 10.0. The molecule has 0 unspecified atom stereocenters. The molecule has 0 saturated heterocycles. The molecule has 5 rings (SSSR count). The van der Waals surface area contributed by atoms with Gasteiger partial charge in [0, 0.05) is 17.0 Å². The van der Waals surface area contributed by atoms with Crippen molar-refractivity contribution in [1.29, 1.82) is 0 Å². The Morgan fingerprint density at radius 1 is 1.12 bits per heavy atom. The van der Waals surface area contributed by atoms with E-state index in [2.05, 4.69) is 15.4 Å². The van der Waals surface area contributed by atoms with Crippen molar-refractivity contribution in [2.24, 2.45) is 0 Å². The maximum atomic E-state index is 12.8. The van der Waals surface area contributed by atoms with Gasteiger partial charge >= 0.3 is 0 Å². The summed E-state index contributed by atoms with van der Waals surface area (Å²) >= 11 is 6.03. The summed E-state index contributed by atoms with van der Waals surface area (Å²) in [6.45, 7) is 1.03. The number of carbonyl (C=O) groups excluding carboxylic acids is 1. The van der Waals surface area contributed by atoms with Crippen molar-refractivity contribution in [3.63, 3.8) is 0 Å². The topological polar surface area (TPSA) is 95.0 Å². The summed E-state index contributed by atoms with van der Waals surface area (Å²) in [5, 5.41) is 8.97. The molecule has 0 radical (unpaired) electrons. The molecule has 0 atom stereocenters. The van der Waals surface area contributed by atoms with Gasteiger partial charge in [-0.15, -0.1) is 0 Å². The first-order chi connectivity index (χ1) is 15.6. The van der Waals surface area contributed by atoms with E-state index in [1.54, 1.807) is 16.8 Å². The van der Waals surface area contributed by atoms with Crippen molar-refractivity contribution in [1.82, 2.24) is 24.6 Å². The van der Waals surface area contributed by atoms with Crippen LogP contribution in [-0.4, -0.2) is 31.8 Å². The van der Waals surface area contributed by atoms with Gasteiger partial charge < -0.3 is 9.73 Å². The molecule has 8 nitrogen and oxygen atoms in total. The van der Waals surface area contributed by atoms with E-state index in [0.29, 0.717) is 41.3 Å². The van der Waals surface area contributed by atoms with Gasteiger partial charge in [-0.3, -0.25) is 14.2 Å². The highest BCUT2D eigenvalue weighted by Crippen LogP contribution is 2.18. The van der Waals surface area contributed by atoms with Crippen LogP contribution in [0.25, 0.3) is 22.0 Å². The third-order valence-electron chi connectivity index (χ3n) is 5.12. The van der Waals surface area contributed by atoms with Gasteiger partial charge in [0.1, 0.15) is 17.3 Å². The smallest absolute Gasteiger partial charge is 0.287 e. The zero-order chi connectivity index (χ0) is 22.1. The van der Waals surface area contributed by atoms with Crippen molar-refractivity contribution in [3.8, 4) is 0 Å². The summed E-state index contributed by atoms with van der Waals surface area (Å²) < 4.78 is 8.69. The molecule has 3 aromatic heterocycles. The summed E-state index contributed by atoms with van der Waals surface area (Å²) in [4.78, 5) is 29.6. The van der Waals surface area contributed by atoms with E-state index < -0.39 is 0 Å². The van der Waals surface area contributed by atoms with Crippen LogP contribution in [0.2, 0.25) is 5.02 Å². The van der Waals surface area contributed by atoms with Gasteiger partial charge in [-0.1, -0.05) is 41.9 Å². The minimum atomic E-state index is -0.311. The highest BCUT2D eigenvalue weighted by atomic mass is 35.5. The van der Waals surface area contributed by atoms with Crippen molar-refractivity contribution in [2.45, 2.75) is 13.1 Å². The normalized spacial score (nSPS) is 11.3. The average Bonchev–Trinajstić information content (AvgIpc) is 3.40. The van der Waals surface area contributed by atoms with Crippen LogP contribution in [0, 0.1) is 0 Å². The standard InChI is InChI=1S/C23H18ClN5O3/c24-17-6-3-4-15(10-17)13-28-14-26-21-18(23(28)31)12-27-29(21)9-8-25-22(30)20-11-16-5-1-2-7-19(16)32-20/h1-7,10-12,14H,8-9,13H2,(H,25,30). The Morgan fingerprint density at radius 3 is 2.84 bits per heavy atom. The lowest BCUT2D eigenvalue weighted by molar-refractivity contribution is 0.0926. The number of benzene rings is 2. The van der Waals surface area contributed by atoms with E-state index in [9.17, 15) is 9.59 Å². The lowest BCUT2D eigenvalue weighted by Gasteiger charge is -2.07. The second kappa shape index (κ2) is 8.32. The summed E-state index contributed by atoms with van der Waals surface area (Å²) in [5.41, 5.74) is 1.85. The first kappa shape index (κ1) is 20.0. The molecule has 0 fully saturated rings. The fraction of sp³-hybridized carbons (Fsp3) is 0.130. The molecular weight excluding hydrogens is 430 g/mol. The average molecular weight is 448 g/mol. The highest BCUT2D eigenvalue weighted by molar-refractivity contribution is 6.30. The Labute approximate surface area is 187 Å². The molecule has 5 aromatic rings. The van der Waals surface area contributed by atoms with Crippen LogP contribution in [0.5, 0.6) is 0 Å². The Balaban J connectivity index is 1.28. The van der Waals surface area contributed by atoms with Gasteiger partial charge in [0.05, 0.1) is 19.3 Å². The van der Waals surface area contributed by atoms with E-state index in [1.807, 2.05) is 42.5 Å². The number of carbonyl (C=O) groups is 1. The Kier molecular flexibility index (Phi) is 5.20. The molecule has 1 amide bonds. The Hall–Kier alpha value is -3.91. The lowest BCUT2D eigenvalue weighted by Crippen LogP contribution is -2.27. The van der Waals surface area contributed by atoms with Gasteiger partial charge in [0.15, 0.2) is 11.4 Å². The monoisotopic (exact) mass is 447 g/mol. The van der Waals surface area contributed by atoms with E-state index >= 15 is 0 Å². The number of nitrogens with one attached hydrogen (secondary N) is 1. The summed E-state index contributed by atoms with van der Waals surface area (Å²) in [7, 11) is 0. The fourth-order valence-electron chi connectivity index (χ4n) is 3.56. The number of fused-ring (bicyclic) bond motifs is 2. The molecule has 0 aliphatic heterocycles. The number of amides is 1. The summed E-state index contributed by atoms with van der Waals surface area (Å²) in [6, 6.07) is 16.5. The SMILES string of the molecule is O=C(NCCn1ncc2c(=O)n(Cc3cccc(Cl)c3)cnc21)c1cc2ccccc2o1. The van der Waals surface area contributed by atoms with Crippen LogP contribution in [0.1, 0.15) is 16.1 Å². The van der Waals surface area contributed by atoms with Crippen molar-refractivity contribution in [2.75, 3.05) is 6.54 Å². The van der Waals surface area contributed by atoms with Crippen LogP contribution < -0.4 is 10.9 Å². The van der Waals surface area contributed by atoms with Crippen LogP contribution >= 0.6 is 11.6 Å². The molecule has 2 aromatic carbocycles. The van der Waals surface area contributed by atoms with Gasteiger partial charge in [-0.25, -0.2) is 9.67 Å². The molecule has 1 N–H and O–H groups in total. The molecule has 0 spiro atoms. The number of furan rings is 1. The predicted octanol–water partition coefficient (Wildman–Crippen LogP) is 3.47. The van der Waals surface area contributed by atoms with Crippen LogP contribution in [0.4, 0.5) is 0 Å². The number of para-hydroxylation sites is 1. The van der Waals surface area contributed by atoms with Crippen molar-refractivity contribution in [3.05, 3.63) is 93.8 Å². The minimum absolute atomic E-state index is 0.187. The van der Waals surface area contributed by atoms with Crippen molar-refractivity contribution >= 4 is 39.5 Å². The first-order valence-corrected chi connectivity index (χ1v) is 10.4. The molecule has 32 heavy (non-hydrogen) atoms. The number of hydrogen-bond donors (Lipinski definition) is 1. The molecule has 9 heteroatoms. The largest absolute Gasteiger partial charge is 0.451 e. The third-order valence-corrected chi connectivity index (χ3v) is 5.36. The zero-order valence-corrected chi connectivity index (χ0v) is 17.6. The molecular formula is C23H18ClN5O3. The minimum Gasteiger partial charge on any atom is -0.451 e. The van der Waals surface area contributed by atoms with Crippen LogP contribution in [0.3, 0.4) is 0 Å². The van der Waals surface area contributed by atoms with Gasteiger partial charge in [0.2, 0.25) is 0 Å². The molecule has 0 bridgehead atoms. The Morgan fingerprint density at radius 2 is 2.00 bits per heavy atom. The number of nitrogens with zero attached hydrogens (tertiary/aromatic N) is 4. The van der Waals surface area contributed by atoms with E-state index in [-0.39, 0.29) is 17.2 Å². The molecule has 3 heterocycles. The van der Waals surface area contributed by atoms with E-state index in [0.717, 1.165) is 10.9 Å². The van der Waals surface area contributed by atoms with Gasteiger partial charge in [0.25, 0.3) is 11.5 Å². The Bertz CT molecular complexity index is 1470. The second-order valence-electron chi connectivity index (χ2n) is 7.32.